The average molecular weight is 1380 g/mol. The molecular formula is C65H57Cl3N9O13Pd-. The van der Waals surface area contributed by atoms with Crippen LogP contribution in [0.4, 0.5) is 17.1 Å². The molecule has 0 radical (unpaired) electrons. The quantitative estimate of drug-likeness (QED) is 0.0168. The summed E-state index contributed by atoms with van der Waals surface area (Å²) in [4.78, 5) is 137. The number of nitrogens with two attached hydrogens (primary N) is 1. The van der Waals surface area contributed by atoms with Crippen LogP contribution in [0.5, 0.6) is 0 Å². The Kier molecular flexibility index (Phi) is 25.1. The van der Waals surface area contributed by atoms with Gasteiger partial charge in [-0.15, -0.1) is 10.1 Å². The van der Waals surface area contributed by atoms with E-state index in [0.29, 0.717) is 48.6 Å². The third-order valence-electron chi connectivity index (χ3n) is 13.2. The topological polar surface area (TPSA) is 300 Å². The number of hydroxylamine groups is 6. The molecule has 472 valence electrons. The molecule has 6 heterocycles. The van der Waals surface area contributed by atoms with Gasteiger partial charge >= 0.3 is 5.97 Å². The molecule has 0 saturated heterocycles. The molecule has 26 heteroatoms. The average Bonchev–Trinajstić information content (AvgIpc) is 0.890. The zero-order valence-electron chi connectivity index (χ0n) is 49.1. The normalized spacial score (nSPS) is 15.2. The van der Waals surface area contributed by atoms with Crippen molar-refractivity contribution in [2.45, 2.75) is 58.7 Å². The van der Waals surface area contributed by atoms with E-state index in [0.717, 1.165) is 21.8 Å². The van der Waals surface area contributed by atoms with Crippen LogP contribution in [0.15, 0.2) is 170 Å². The molecule has 3 atom stereocenters. The summed E-state index contributed by atoms with van der Waals surface area (Å²) in [5.74, 6) is -11.0. The fraction of sp³-hybridized carbons (Fsp3) is 0.154. The molecule has 3 aromatic heterocycles. The van der Waals surface area contributed by atoms with Crippen molar-refractivity contribution in [3.05, 3.63) is 254 Å². The second-order valence-electron chi connectivity index (χ2n) is 19.6. The molecule has 8 aromatic rings. The number of fused-ring (bicyclic) bond motifs is 3. The molecule has 0 fully saturated rings. The van der Waals surface area contributed by atoms with Crippen LogP contribution in [-0.2, 0) is 76.8 Å². The zero-order chi connectivity index (χ0) is 64.1. The molecule has 0 spiro atoms. The van der Waals surface area contributed by atoms with Gasteiger partial charge < -0.3 is 28.5 Å². The molecule has 5 aromatic carbocycles. The molecule has 11 rings (SSSR count). The Hall–Kier alpha value is -9.41. The number of halogens is 3. The molecule has 3 aliphatic rings. The van der Waals surface area contributed by atoms with E-state index in [2.05, 4.69) is 25.6 Å². The van der Waals surface area contributed by atoms with Crippen molar-refractivity contribution in [2.75, 3.05) is 23.0 Å². The number of hydrogen-bond donors (Lipinski definition) is 4. The van der Waals surface area contributed by atoms with Crippen LogP contribution in [0.3, 0.4) is 0 Å². The molecule has 0 aliphatic carbocycles. The summed E-state index contributed by atoms with van der Waals surface area (Å²) in [5, 5.41) is 17.9. The number of imide groups is 3. The van der Waals surface area contributed by atoms with Gasteiger partial charge in [-0.25, -0.2) is 0 Å². The first-order valence-electron chi connectivity index (χ1n) is 27.0. The number of nitrogens with zero attached hydrogens (tertiary/aromatic N) is 6. The molecule has 3 aliphatic heterocycles. The van der Waals surface area contributed by atoms with Gasteiger partial charge in [0.05, 0.1) is 40.4 Å². The second-order valence-corrected chi connectivity index (χ2v) is 20.9. The van der Waals surface area contributed by atoms with Gasteiger partial charge in [-0.1, -0.05) is 95.5 Å². The maximum atomic E-state index is 13.2. The Labute approximate surface area is 551 Å². The van der Waals surface area contributed by atoms with Crippen LogP contribution in [0.1, 0.15) is 101 Å². The minimum absolute atomic E-state index is 0. The second kappa shape index (κ2) is 32.4. The van der Waals surface area contributed by atoms with Crippen molar-refractivity contribution in [1.82, 2.24) is 30.1 Å². The maximum Gasteiger partial charge on any atom is 0.324 e. The summed E-state index contributed by atoms with van der Waals surface area (Å²) in [6, 6.07) is 47.4. The molecule has 0 saturated carbocycles. The number of nitrogens with one attached hydrogen (secondary N) is 2. The van der Waals surface area contributed by atoms with Crippen LogP contribution in [-0.4, -0.2) is 95.2 Å². The first-order chi connectivity index (χ1) is 42.6. The van der Waals surface area contributed by atoms with Crippen molar-refractivity contribution in [3.63, 3.8) is 0 Å². The van der Waals surface area contributed by atoms with Gasteiger partial charge in [0.2, 0.25) is 11.8 Å². The number of rotatable bonds is 12. The van der Waals surface area contributed by atoms with E-state index in [1.807, 2.05) is 48.5 Å². The van der Waals surface area contributed by atoms with Crippen LogP contribution in [0.25, 0.3) is 0 Å². The van der Waals surface area contributed by atoms with Gasteiger partial charge in [0, 0.05) is 69.6 Å². The van der Waals surface area contributed by atoms with Gasteiger partial charge in [0.15, 0.2) is 17.8 Å². The molecule has 8 amide bonds. The minimum atomic E-state index is -1.42. The Balaban J connectivity index is 0.000000203. The van der Waals surface area contributed by atoms with E-state index in [-0.39, 0.29) is 86.5 Å². The first-order valence-corrected chi connectivity index (χ1v) is 28.2. The molecule has 22 nitrogen and oxygen atoms in total. The van der Waals surface area contributed by atoms with Gasteiger partial charge in [0.1, 0.15) is 13.2 Å². The molecule has 91 heavy (non-hydrogen) atoms. The van der Waals surface area contributed by atoms with E-state index in [9.17, 15) is 48.4 Å². The standard InChI is InChI=1S/C23H18ClN3O4.C19H18N2O5.C16H12ClN3O4.C6H6ClN.CH3.Pd/c1-14-7-12-18-20(25-14)19(21(28)26-17-10-8-16(24)9-11-17)23(30)27(22(18)29)31-13-15-5-3-2-4-6-15;1-3-25-19(24)15-16-14(10-9-12(2)20-16)17(22)21(18(15)23)26-11-13-7-5-4-6-8-13;1-8-2-7-11-13(18-8)12(16(23)20(24)15(11)22)14(21)19-10-5-3-9(17)4-6-10;7-5-1-3-6(8)4-2-5;;/h2-12,19H,13H2,1H3,(H,26,28);4-10,15H,3,11H2,1-2H3;2-7,12,24H,1H3,(H,19,21);1-4H,8H2;1H3;/q;;;;-1;. The van der Waals surface area contributed by atoms with E-state index in [1.54, 1.807) is 137 Å². The summed E-state index contributed by atoms with van der Waals surface area (Å²) in [6.45, 7) is 6.89. The SMILES string of the molecule is CCOC(=O)C1C(=O)N(OCc2ccccc2)C(=O)c2ccc(C)nc21.Cc1ccc2c(n1)C(C(=O)Nc1ccc(Cl)cc1)C(=O)N(O)C2=O.Cc1ccc2c(n1)C(C(=O)Nc1ccc(Cl)cc1)C(=O)N(OCc1ccccc1)C2=O.Nc1ccc(Cl)cc1.[CH3-].[Pd]. The van der Waals surface area contributed by atoms with E-state index in [4.69, 9.17) is 54.9 Å². The number of hydrogen-bond acceptors (Lipinski definition) is 17. The number of esters is 1. The van der Waals surface area contributed by atoms with Gasteiger partial charge in [0.25, 0.3) is 35.4 Å². The summed E-state index contributed by atoms with van der Waals surface area (Å²) < 4.78 is 5.00. The Bertz CT molecular complexity index is 3970. The molecule has 3 unspecified atom stereocenters. The largest absolute Gasteiger partial charge is 0.465 e. The third-order valence-corrected chi connectivity index (χ3v) is 13.9. The predicted octanol–water partition coefficient (Wildman–Crippen LogP) is 10.5. The van der Waals surface area contributed by atoms with E-state index in [1.165, 1.54) is 12.1 Å². The number of benzene rings is 5. The van der Waals surface area contributed by atoms with Crippen LogP contribution < -0.4 is 16.4 Å². The smallest absolute Gasteiger partial charge is 0.324 e. The van der Waals surface area contributed by atoms with Gasteiger partial charge in [-0.2, -0.15) is 5.06 Å². The number of amides is 8. The number of pyridine rings is 3. The summed E-state index contributed by atoms with van der Waals surface area (Å²) in [6.07, 6.45) is 0. The minimum Gasteiger partial charge on any atom is -0.465 e. The summed E-state index contributed by atoms with van der Waals surface area (Å²) >= 11 is 17.2. The third kappa shape index (κ3) is 17.5. The van der Waals surface area contributed by atoms with Gasteiger partial charge in [-0.05, 0) is 148 Å². The number of ether oxygens (including phenoxy) is 1. The fourth-order valence-corrected chi connectivity index (χ4v) is 9.19. The molecule has 5 N–H and O–H groups in total. The van der Waals surface area contributed by atoms with Crippen LogP contribution in [0.2, 0.25) is 15.1 Å². The Morgan fingerprint density at radius 3 is 1.21 bits per heavy atom. The summed E-state index contributed by atoms with van der Waals surface area (Å²) in [5.41, 5.74) is 10.9. The number of anilines is 3. The first kappa shape index (κ1) is 70.7. The number of carbonyl (C=O) groups is 9. The van der Waals surface area contributed by atoms with Crippen molar-refractivity contribution in [3.8, 4) is 0 Å². The van der Waals surface area contributed by atoms with Crippen molar-refractivity contribution in [1.29, 1.82) is 0 Å². The zero-order valence-corrected chi connectivity index (χ0v) is 52.9. The molecule has 0 bridgehead atoms. The maximum absolute atomic E-state index is 13.2. The van der Waals surface area contributed by atoms with E-state index < -0.39 is 71.0 Å². The van der Waals surface area contributed by atoms with Crippen molar-refractivity contribution < 1.29 is 83.2 Å². The van der Waals surface area contributed by atoms with Crippen molar-refractivity contribution >= 4 is 105 Å². The fourth-order valence-electron chi connectivity index (χ4n) is 8.81. The van der Waals surface area contributed by atoms with Crippen LogP contribution >= 0.6 is 34.8 Å². The Morgan fingerprint density at radius 1 is 0.495 bits per heavy atom. The monoisotopic (exact) mass is 1380 g/mol. The number of aryl methyl sites for hydroxylation is 3. The van der Waals surface area contributed by atoms with Crippen LogP contribution in [0, 0.1) is 28.2 Å². The summed E-state index contributed by atoms with van der Waals surface area (Å²) in [7, 11) is 0. The number of carbonyl (C=O) groups excluding carboxylic acids is 9. The number of nitrogen functional groups attached to an aromatic ring is 1. The van der Waals surface area contributed by atoms with E-state index >= 15 is 0 Å². The number of aromatic nitrogens is 3. The van der Waals surface area contributed by atoms with Gasteiger partial charge in [-0.3, -0.25) is 73.0 Å². The Morgan fingerprint density at radius 2 is 0.835 bits per heavy atom. The predicted molar refractivity (Wildman–Crippen MR) is 332 cm³/mol. The van der Waals surface area contributed by atoms with Crippen molar-refractivity contribution in [2.24, 2.45) is 0 Å². The molecular weight excluding hydrogens is 1330 g/mol.